The van der Waals surface area contributed by atoms with Crippen molar-refractivity contribution in [2.75, 3.05) is 56.3 Å². The van der Waals surface area contributed by atoms with E-state index < -0.39 is 23.6 Å². The lowest BCUT2D eigenvalue weighted by Gasteiger charge is -2.35. The van der Waals surface area contributed by atoms with Gasteiger partial charge in [-0.1, -0.05) is 101 Å². The topological polar surface area (TPSA) is 213 Å². The molecule has 0 saturated carbocycles. The quantitative estimate of drug-likeness (QED) is 0.0333. The van der Waals surface area contributed by atoms with Crippen LogP contribution in [-0.2, 0) is 30.5 Å². The van der Waals surface area contributed by atoms with Crippen molar-refractivity contribution in [1.82, 2.24) is 35.8 Å². The fourth-order valence-electron chi connectivity index (χ4n) is 8.13. The fourth-order valence-corrected chi connectivity index (χ4v) is 8.94. The summed E-state index contributed by atoms with van der Waals surface area (Å²) < 4.78 is 11.4. The molecule has 6 rings (SSSR count). The lowest BCUT2D eigenvalue weighted by atomic mass is 9.85. The Morgan fingerprint density at radius 1 is 0.941 bits per heavy atom. The number of nitrogens with zero attached hydrogens (tertiary/aromatic N) is 6. The molecule has 4 aromatic rings. The van der Waals surface area contributed by atoms with Gasteiger partial charge in [0.25, 0.3) is 0 Å². The maximum Gasteiger partial charge on any atom is 0.320 e. The number of hydrazone groups is 1. The number of aryl methyl sites for hydroxylation is 2. The zero-order chi connectivity index (χ0) is 48.5. The summed E-state index contributed by atoms with van der Waals surface area (Å²) in [5, 5.41) is 23.7. The van der Waals surface area contributed by atoms with E-state index in [4.69, 9.17) is 9.47 Å². The number of rotatable bonds is 23. The van der Waals surface area contributed by atoms with E-state index in [1.54, 1.807) is 17.6 Å². The summed E-state index contributed by atoms with van der Waals surface area (Å²) in [6, 6.07) is 16.2. The van der Waals surface area contributed by atoms with Crippen LogP contribution < -0.4 is 31.0 Å². The molecule has 68 heavy (non-hydrogen) atoms. The highest BCUT2D eigenvalue weighted by Gasteiger charge is 2.44. The van der Waals surface area contributed by atoms with E-state index in [0.717, 1.165) is 64.9 Å². The predicted octanol–water partition coefficient (Wildman–Crippen LogP) is 5.92. The molecule has 17 nitrogen and oxygen atoms in total. The highest BCUT2D eigenvalue weighted by molar-refractivity contribution is 7.13. The summed E-state index contributed by atoms with van der Waals surface area (Å²) >= 11 is 1.58. The number of ether oxygens (including phenoxy) is 2. The number of likely N-dealkylation sites (tertiary alicyclic amines) is 1. The minimum Gasteiger partial charge on any atom is -0.461 e. The Kier molecular flexibility index (Phi) is 19.2. The highest BCUT2D eigenvalue weighted by Crippen LogP contribution is 2.29. The molecule has 4 heterocycles. The van der Waals surface area contributed by atoms with Crippen LogP contribution in [0.5, 0.6) is 6.01 Å². The van der Waals surface area contributed by atoms with E-state index in [9.17, 15) is 24.3 Å². The SMILES string of the molecule is Cc1cccc(/C=N/Nc2cc(N3CCOCC3)nc(OCCNC(=O)CCCCCCCCC(=O)N[C@H](C(=O)N3C[C@H](O)C[C@H]3C(=O)NCc3ccc(-c4scnc4C)cc3)C(C)(C)C)n2)c1. The molecule has 0 aliphatic carbocycles. The molecule has 2 aromatic heterocycles. The second kappa shape index (κ2) is 25.4. The molecule has 0 radical (unpaired) electrons. The van der Waals surface area contributed by atoms with E-state index >= 15 is 0 Å². The number of benzene rings is 2. The van der Waals surface area contributed by atoms with Gasteiger partial charge in [-0.2, -0.15) is 15.1 Å². The smallest absolute Gasteiger partial charge is 0.320 e. The fraction of sp³-hybridized carbons (Fsp3) is 0.520. The van der Waals surface area contributed by atoms with E-state index in [0.29, 0.717) is 57.3 Å². The summed E-state index contributed by atoms with van der Waals surface area (Å²) in [5.74, 6) is 0.187. The van der Waals surface area contributed by atoms with Crippen LogP contribution in [0.3, 0.4) is 0 Å². The van der Waals surface area contributed by atoms with Gasteiger partial charge in [-0.05, 0) is 48.8 Å². The highest BCUT2D eigenvalue weighted by atomic mass is 32.1. The van der Waals surface area contributed by atoms with Crippen molar-refractivity contribution in [1.29, 1.82) is 0 Å². The molecule has 2 fully saturated rings. The van der Waals surface area contributed by atoms with E-state index in [1.165, 1.54) is 4.90 Å². The monoisotopic (exact) mass is 952 g/mol. The maximum atomic E-state index is 14.0. The number of thiazole rings is 1. The van der Waals surface area contributed by atoms with Crippen LogP contribution in [-0.4, -0.2) is 119 Å². The zero-order valence-corrected chi connectivity index (χ0v) is 40.9. The average Bonchev–Trinajstić information content (AvgIpc) is 3.94. The largest absolute Gasteiger partial charge is 0.461 e. The van der Waals surface area contributed by atoms with Crippen molar-refractivity contribution in [2.24, 2.45) is 10.5 Å². The number of hydrogen-bond donors (Lipinski definition) is 5. The maximum absolute atomic E-state index is 14.0. The number of carbonyl (C=O) groups is 4. The minimum atomic E-state index is -0.874. The van der Waals surface area contributed by atoms with Gasteiger partial charge in [-0.15, -0.1) is 11.3 Å². The number of unbranched alkanes of at least 4 members (excludes halogenated alkanes) is 5. The third-order valence-corrected chi connectivity index (χ3v) is 12.9. The first-order valence-corrected chi connectivity index (χ1v) is 24.6. The van der Waals surface area contributed by atoms with E-state index in [-0.39, 0.29) is 62.2 Å². The van der Waals surface area contributed by atoms with Crippen molar-refractivity contribution in [3.05, 3.63) is 82.5 Å². The summed E-state index contributed by atoms with van der Waals surface area (Å²) in [4.78, 5) is 71.2. The molecule has 2 aliphatic heterocycles. The molecular weight excluding hydrogens is 885 g/mol. The van der Waals surface area contributed by atoms with Crippen LogP contribution in [0, 0.1) is 19.3 Å². The number of anilines is 2. The second-order valence-corrected chi connectivity index (χ2v) is 19.4. The third kappa shape index (κ3) is 15.8. The van der Waals surface area contributed by atoms with Crippen LogP contribution in [0.1, 0.15) is 101 Å². The second-order valence-electron chi connectivity index (χ2n) is 18.5. The number of nitrogens with one attached hydrogen (secondary N) is 4. The molecule has 5 N–H and O–H groups in total. The van der Waals surface area contributed by atoms with Crippen molar-refractivity contribution >= 4 is 52.8 Å². The Morgan fingerprint density at radius 3 is 2.35 bits per heavy atom. The standard InChI is InChI=1S/C50H68N10O7S/c1-34-13-12-14-37(27-34)31-54-58-41-29-42(59-22-25-66-26-23-59)56-49(55-41)67-24-21-51-43(62)15-10-8-6-7-9-11-16-44(63)57-46(50(3,4)5)48(65)60-32-39(61)28-40(60)47(64)52-30-36-17-19-38(20-18-36)45-35(2)53-33-68-45/h12-14,17-20,27,29,31,33,39-40,46,61H,6-11,15-16,21-26,28,30,32H2,1-5H3,(H,51,62)(H,52,64)(H,57,63)(H,55,56,58)/b54-31+/t39-,40+,46-/m1/s1. The Bertz CT molecular complexity index is 2310. The number of β-amino-alcohol motifs (C(OH)–C–C–N with tert-alkyl or cyclic N) is 1. The van der Waals surface area contributed by atoms with Gasteiger partial charge >= 0.3 is 6.01 Å². The molecule has 0 bridgehead atoms. The first kappa shape index (κ1) is 51.4. The number of aliphatic hydroxyl groups excluding tert-OH is 1. The Hall–Kier alpha value is -5.98. The Morgan fingerprint density at radius 2 is 1.66 bits per heavy atom. The summed E-state index contributed by atoms with van der Waals surface area (Å²) in [7, 11) is 0. The first-order chi connectivity index (χ1) is 32.7. The number of amides is 4. The minimum absolute atomic E-state index is 0.0183. The predicted molar refractivity (Wildman–Crippen MR) is 265 cm³/mol. The van der Waals surface area contributed by atoms with Crippen molar-refractivity contribution in [3.63, 3.8) is 0 Å². The molecule has 2 saturated heterocycles. The number of morpholine rings is 1. The molecular formula is C50H68N10O7S. The van der Waals surface area contributed by atoms with Gasteiger partial charge in [-0.3, -0.25) is 24.6 Å². The molecule has 2 aliphatic rings. The van der Waals surface area contributed by atoms with Gasteiger partial charge in [0, 0.05) is 51.5 Å². The summed E-state index contributed by atoms with van der Waals surface area (Å²) in [5.41, 5.74) is 9.21. The van der Waals surface area contributed by atoms with E-state index in [2.05, 4.69) is 46.3 Å². The molecule has 366 valence electrons. The third-order valence-electron chi connectivity index (χ3n) is 11.9. The van der Waals surface area contributed by atoms with Crippen LogP contribution in [0.25, 0.3) is 10.4 Å². The normalized spacial score (nSPS) is 16.7. The Balaban J connectivity index is 0.853. The lowest BCUT2D eigenvalue weighted by Crippen LogP contribution is -2.57. The number of carbonyl (C=O) groups excluding carboxylic acids is 4. The molecule has 0 spiro atoms. The van der Waals surface area contributed by atoms with Crippen molar-refractivity contribution < 1.29 is 33.8 Å². The molecule has 2 aromatic carbocycles. The number of aliphatic hydroxyl groups is 1. The number of aromatic nitrogens is 3. The van der Waals surface area contributed by atoms with Gasteiger partial charge < -0.3 is 40.3 Å². The molecule has 3 atom stereocenters. The van der Waals surface area contributed by atoms with Gasteiger partial charge in [0.05, 0.1) is 48.2 Å². The van der Waals surface area contributed by atoms with Crippen molar-refractivity contribution in [2.45, 2.75) is 117 Å². The summed E-state index contributed by atoms with van der Waals surface area (Å²) in [6.07, 6.45) is 6.65. The zero-order valence-electron chi connectivity index (χ0n) is 40.1. The lowest BCUT2D eigenvalue weighted by molar-refractivity contribution is -0.144. The first-order valence-electron chi connectivity index (χ1n) is 23.8. The van der Waals surface area contributed by atoms with Gasteiger partial charge in [0.15, 0.2) is 5.82 Å². The Labute approximate surface area is 403 Å². The van der Waals surface area contributed by atoms with Crippen LogP contribution in [0.2, 0.25) is 0 Å². The van der Waals surface area contributed by atoms with Crippen LogP contribution in [0.4, 0.5) is 11.6 Å². The van der Waals surface area contributed by atoms with Gasteiger partial charge in [0.2, 0.25) is 23.6 Å². The van der Waals surface area contributed by atoms with Crippen molar-refractivity contribution in [3.8, 4) is 16.5 Å². The van der Waals surface area contributed by atoms with Gasteiger partial charge in [0.1, 0.15) is 24.5 Å². The molecule has 4 amide bonds. The van der Waals surface area contributed by atoms with Crippen LogP contribution >= 0.6 is 11.3 Å². The van der Waals surface area contributed by atoms with E-state index in [1.807, 2.05) is 94.7 Å². The summed E-state index contributed by atoms with van der Waals surface area (Å²) in [6.45, 7) is 13.0. The average molecular weight is 953 g/mol. The molecule has 18 heteroatoms. The number of hydrogen-bond acceptors (Lipinski definition) is 14. The molecule has 0 unspecified atom stereocenters. The van der Waals surface area contributed by atoms with Gasteiger partial charge in [-0.25, -0.2) is 4.98 Å². The van der Waals surface area contributed by atoms with Crippen LogP contribution in [0.15, 0.2) is 65.2 Å².